The van der Waals surface area contributed by atoms with Crippen LogP contribution in [0.2, 0.25) is 5.02 Å². The number of hydrogen-bond acceptors (Lipinski definition) is 3. The molecule has 1 aromatic carbocycles. The lowest BCUT2D eigenvalue weighted by atomic mass is 10.1. The van der Waals surface area contributed by atoms with Crippen molar-refractivity contribution in [1.29, 1.82) is 0 Å². The van der Waals surface area contributed by atoms with E-state index in [0.29, 0.717) is 10.6 Å². The third-order valence-electron chi connectivity index (χ3n) is 2.28. The number of ether oxygens (including phenoxy) is 1. The van der Waals surface area contributed by atoms with E-state index in [0.717, 1.165) is 11.3 Å². The van der Waals surface area contributed by atoms with Gasteiger partial charge >= 0.3 is 5.97 Å². The highest BCUT2D eigenvalue weighted by atomic mass is 35.5. The highest BCUT2D eigenvalue weighted by molar-refractivity contribution is 6.33. The van der Waals surface area contributed by atoms with Crippen molar-refractivity contribution in [3.8, 4) is 11.3 Å². The van der Waals surface area contributed by atoms with Gasteiger partial charge in [-0.25, -0.2) is 4.79 Å². The molecular formula is C13H9ClNO2. The Balaban J connectivity index is 2.42. The fraction of sp³-hybridized carbons (Fsp3) is 0.0769. The third-order valence-corrected chi connectivity index (χ3v) is 2.59. The van der Waals surface area contributed by atoms with E-state index in [1.165, 1.54) is 7.11 Å². The highest BCUT2D eigenvalue weighted by Crippen LogP contribution is 2.27. The molecule has 0 fully saturated rings. The molecule has 2 rings (SSSR count). The molecule has 0 bridgehead atoms. The van der Waals surface area contributed by atoms with Crippen molar-refractivity contribution >= 4 is 17.6 Å². The SMILES string of the molecule is COC(=O)c1ccc(-c2cc[c]cn2)c(Cl)c1. The van der Waals surface area contributed by atoms with Gasteiger partial charge in [-0.2, -0.15) is 0 Å². The van der Waals surface area contributed by atoms with Gasteiger partial charge in [0.05, 0.1) is 23.4 Å². The predicted octanol–water partition coefficient (Wildman–Crippen LogP) is 2.99. The molecule has 0 atom stereocenters. The maximum absolute atomic E-state index is 11.3. The fourth-order valence-electron chi connectivity index (χ4n) is 1.45. The van der Waals surface area contributed by atoms with Gasteiger partial charge in [0.2, 0.25) is 0 Å². The maximum Gasteiger partial charge on any atom is 0.337 e. The number of aromatic nitrogens is 1. The van der Waals surface area contributed by atoms with E-state index in [2.05, 4.69) is 15.8 Å². The molecule has 0 spiro atoms. The summed E-state index contributed by atoms with van der Waals surface area (Å²) in [6, 6.07) is 11.4. The van der Waals surface area contributed by atoms with E-state index in [4.69, 9.17) is 11.6 Å². The standard InChI is InChI=1S/C13H9ClNO2/c1-17-13(16)9-5-6-10(11(14)8-9)12-4-2-3-7-15-12/h2,4-8H,1H3. The average Bonchev–Trinajstić information content (AvgIpc) is 2.38. The quantitative estimate of drug-likeness (QED) is 0.765. The Labute approximate surface area is 104 Å². The minimum absolute atomic E-state index is 0.409. The Bertz CT molecular complexity index is 540. The molecule has 3 nitrogen and oxygen atoms in total. The summed E-state index contributed by atoms with van der Waals surface area (Å²) in [6.07, 6.45) is 1.57. The van der Waals surface area contributed by atoms with Gasteiger partial charge in [0, 0.05) is 17.8 Å². The number of methoxy groups -OCH3 is 1. The van der Waals surface area contributed by atoms with E-state index in [1.807, 2.05) is 0 Å². The molecule has 0 saturated heterocycles. The number of rotatable bonds is 2. The number of benzene rings is 1. The highest BCUT2D eigenvalue weighted by Gasteiger charge is 2.10. The zero-order chi connectivity index (χ0) is 12.3. The van der Waals surface area contributed by atoms with Gasteiger partial charge in [-0.05, 0) is 18.2 Å². The summed E-state index contributed by atoms with van der Waals surface area (Å²) in [7, 11) is 1.33. The predicted molar refractivity (Wildman–Crippen MR) is 64.9 cm³/mol. The van der Waals surface area contributed by atoms with E-state index >= 15 is 0 Å². The minimum Gasteiger partial charge on any atom is -0.465 e. The Hall–Kier alpha value is -1.87. The molecule has 0 N–H and O–H groups in total. The first-order valence-corrected chi connectivity index (χ1v) is 5.30. The molecule has 1 aromatic heterocycles. The second-order valence-corrected chi connectivity index (χ2v) is 3.74. The van der Waals surface area contributed by atoms with Gasteiger partial charge < -0.3 is 4.74 Å². The summed E-state index contributed by atoms with van der Waals surface area (Å²) in [5.74, 6) is -0.409. The summed E-state index contributed by atoms with van der Waals surface area (Å²) in [6.45, 7) is 0. The van der Waals surface area contributed by atoms with Crippen molar-refractivity contribution < 1.29 is 9.53 Å². The lowest BCUT2D eigenvalue weighted by molar-refractivity contribution is 0.0601. The number of carbonyl (C=O) groups excluding carboxylic acids is 1. The van der Waals surface area contributed by atoms with Crippen molar-refractivity contribution in [2.45, 2.75) is 0 Å². The number of esters is 1. The Morgan fingerprint density at radius 3 is 2.82 bits per heavy atom. The first kappa shape index (κ1) is 11.6. The molecule has 0 aliphatic rings. The van der Waals surface area contributed by atoms with Crippen molar-refractivity contribution in [3.63, 3.8) is 0 Å². The van der Waals surface area contributed by atoms with Crippen LogP contribution in [0.4, 0.5) is 0 Å². The van der Waals surface area contributed by atoms with Crippen LogP contribution in [0.5, 0.6) is 0 Å². The maximum atomic E-state index is 11.3. The molecule has 17 heavy (non-hydrogen) atoms. The topological polar surface area (TPSA) is 39.2 Å². The second-order valence-electron chi connectivity index (χ2n) is 3.33. The lowest BCUT2D eigenvalue weighted by Gasteiger charge is -2.05. The molecule has 1 radical (unpaired) electrons. The van der Waals surface area contributed by atoms with E-state index in [1.54, 1.807) is 36.5 Å². The molecule has 2 aromatic rings. The number of halogens is 1. The molecule has 85 valence electrons. The number of pyridine rings is 1. The molecule has 0 amide bonds. The van der Waals surface area contributed by atoms with Crippen molar-refractivity contribution in [2.75, 3.05) is 7.11 Å². The van der Waals surface area contributed by atoms with E-state index < -0.39 is 5.97 Å². The van der Waals surface area contributed by atoms with Crippen LogP contribution in [0.1, 0.15) is 10.4 Å². The van der Waals surface area contributed by atoms with Crippen LogP contribution in [-0.2, 0) is 4.74 Å². The number of nitrogens with zero attached hydrogens (tertiary/aromatic N) is 1. The summed E-state index contributed by atoms with van der Waals surface area (Å²) >= 11 is 6.11. The van der Waals surface area contributed by atoms with Crippen LogP contribution >= 0.6 is 11.6 Å². The minimum atomic E-state index is -0.409. The molecule has 4 heteroatoms. The monoisotopic (exact) mass is 246 g/mol. The summed E-state index contributed by atoms with van der Waals surface area (Å²) in [5.41, 5.74) is 1.93. The van der Waals surface area contributed by atoms with Crippen LogP contribution in [0.25, 0.3) is 11.3 Å². The van der Waals surface area contributed by atoms with Crippen LogP contribution in [0.3, 0.4) is 0 Å². The van der Waals surface area contributed by atoms with Gasteiger partial charge in [-0.15, -0.1) is 0 Å². The summed E-state index contributed by atoms with van der Waals surface area (Å²) in [5, 5.41) is 0.464. The number of hydrogen-bond donors (Lipinski definition) is 0. The van der Waals surface area contributed by atoms with Crippen LogP contribution in [0.15, 0.2) is 36.5 Å². The normalized spacial score (nSPS) is 10.0. The number of carbonyl (C=O) groups is 1. The lowest BCUT2D eigenvalue weighted by Crippen LogP contribution is -2.01. The Kier molecular flexibility index (Phi) is 3.40. The molecule has 0 saturated carbocycles. The van der Waals surface area contributed by atoms with E-state index in [-0.39, 0.29) is 0 Å². The van der Waals surface area contributed by atoms with Gasteiger partial charge in [0.15, 0.2) is 0 Å². The van der Waals surface area contributed by atoms with Crippen LogP contribution in [-0.4, -0.2) is 18.1 Å². The zero-order valence-electron chi connectivity index (χ0n) is 9.11. The largest absolute Gasteiger partial charge is 0.465 e. The molecule has 1 heterocycles. The van der Waals surface area contributed by atoms with Crippen LogP contribution < -0.4 is 0 Å². The molecule has 0 aliphatic carbocycles. The average molecular weight is 247 g/mol. The summed E-state index contributed by atoms with van der Waals surface area (Å²) in [4.78, 5) is 15.5. The molecule has 0 aliphatic heterocycles. The van der Waals surface area contributed by atoms with Crippen LogP contribution in [0, 0.1) is 6.07 Å². The smallest absolute Gasteiger partial charge is 0.337 e. The molecule has 0 unspecified atom stereocenters. The van der Waals surface area contributed by atoms with Crippen molar-refractivity contribution in [3.05, 3.63) is 53.2 Å². The van der Waals surface area contributed by atoms with Gasteiger partial charge in [0.1, 0.15) is 0 Å². The zero-order valence-corrected chi connectivity index (χ0v) is 9.86. The van der Waals surface area contributed by atoms with Crippen molar-refractivity contribution in [2.24, 2.45) is 0 Å². The Morgan fingerprint density at radius 2 is 2.24 bits per heavy atom. The Morgan fingerprint density at radius 1 is 1.41 bits per heavy atom. The van der Waals surface area contributed by atoms with Gasteiger partial charge in [-0.1, -0.05) is 23.7 Å². The fourth-order valence-corrected chi connectivity index (χ4v) is 1.72. The second kappa shape index (κ2) is 4.97. The van der Waals surface area contributed by atoms with Gasteiger partial charge in [0.25, 0.3) is 0 Å². The van der Waals surface area contributed by atoms with Gasteiger partial charge in [-0.3, -0.25) is 4.98 Å². The first-order chi connectivity index (χ1) is 8.22. The third kappa shape index (κ3) is 2.45. The van der Waals surface area contributed by atoms with Crippen molar-refractivity contribution in [1.82, 2.24) is 4.98 Å². The summed E-state index contributed by atoms with van der Waals surface area (Å²) < 4.78 is 4.62. The van der Waals surface area contributed by atoms with E-state index in [9.17, 15) is 4.79 Å². The first-order valence-electron chi connectivity index (χ1n) is 4.92. The molecular weight excluding hydrogens is 238 g/mol.